The highest BCUT2D eigenvalue weighted by Crippen LogP contribution is 2.30. The van der Waals surface area contributed by atoms with E-state index < -0.39 is 11.5 Å². The maximum Gasteiger partial charge on any atom is 0.354 e. The molecular weight excluding hydrogens is 264 g/mol. The van der Waals surface area contributed by atoms with Gasteiger partial charge in [0, 0.05) is 11.6 Å². The Labute approximate surface area is 113 Å². The van der Waals surface area contributed by atoms with E-state index in [0.29, 0.717) is 17.1 Å². The molecule has 2 aromatic rings. The minimum atomic E-state index is -1.27. The number of aromatic nitrogens is 2. The molecule has 0 atom stereocenters. The normalized spacial score (nSPS) is 10.1. The van der Waals surface area contributed by atoms with Gasteiger partial charge in [-0.05, 0) is 18.2 Å². The van der Waals surface area contributed by atoms with Crippen LogP contribution in [-0.2, 0) is 0 Å². The summed E-state index contributed by atoms with van der Waals surface area (Å²) in [6.45, 7) is 0. The largest absolute Gasteiger partial charge is 0.493 e. The summed E-state index contributed by atoms with van der Waals surface area (Å²) in [6.07, 6.45) is 0. The lowest BCUT2D eigenvalue weighted by Crippen LogP contribution is -2.13. The van der Waals surface area contributed by atoms with Crippen LogP contribution in [0.1, 0.15) is 10.5 Å². The molecule has 1 aromatic carbocycles. The molecule has 1 heterocycles. The molecule has 0 saturated heterocycles. The third kappa shape index (κ3) is 2.61. The van der Waals surface area contributed by atoms with E-state index in [1.54, 1.807) is 18.2 Å². The summed E-state index contributed by atoms with van der Waals surface area (Å²) >= 11 is 0. The molecule has 20 heavy (non-hydrogen) atoms. The summed E-state index contributed by atoms with van der Waals surface area (Å²) in [5.74, 6) is -0.143. The summed E-state index contributed by atoms with van der Waals surface area (Å²) in [5, 5.41) is 8.90. The monoisotopic (exact) mass is 276 g/mol. The topological polar surface area (TPSA) is 102 Å². The van der Waals surface area contributed by atoms with Crippen LogP contribution in [0.3, 0.4) is 0 Å². The van der Waals surface area contributed by atoms with Gasteiger partial charge in [0.15, 0.2) is 17.2 Å². The van der Waals surface area contributed by atoms with Gasteiger partial charge in [-0.1, -0.05) is 0 Å². The van der Waals surface area contributed by atoms with Crippen LogP contribution >= 0.6 is 0 Å². The second-order valence-electron chi connectivity index (χ2n) is 3.85. The molecule has 2 N–H and O–H groups in total. The van der Waals surface area contributed by atoms with Crippen LogP contribution in [0.25, 0.3) is 11.4 Å². The number of nitrogens with zero attached hydrogens (tertiary/aromatic N) is 1. The maximum absolute atomic E-state index is 11.5. The molecule has 1 aromatic heterocycles. The van der Waals surface area contributed by atoms with Crippen LogP contribution in [-0.4, -0.2) is 35.3 Å². The lowest BCUT2D eigenvalue weighted by molar-refractivity contribution is 0.0690. The van der Waals surface area contributed by atoms with E-state index in [1.807, 2.05) is 0 Å². The van der Waals surface area contributed by atoms with Crippen molar-refractivity contribution in [1.82, 2.24) is 9.97 Å². The molecular formula is C13H12N2O5. The molecule has 0 saturated carbocycles. The fourth-order valence-electron chi connectivity index (χ4n) is 1.69. The van der Waals surface area contributed by atoms with Crippen molar-refractivity contribution in [3.63, 3.8) is 0 Å². The molecule has 0 spiro atoms. The number of benzene rings is 1. The Hall–Kier alpha value is -2.83. The van der Waals surface area contributed by atoms with E-state index in [0.717, 1.165) is 6.07 Å². The predicted octanol–water partition coefficient (Wildman–Crippen LogP) is 1.15. The number of carbonyl (C=O) groups is 1. The van der Waals surface area contributed by atoms with Gasteiger partial charge >= 0.3 is 5.97 Å². The van der Waals surface area contributed by atoms with E-state index in [1.165, 1.54) is 14.2 Å². The molecule has 2 rings (SSSR count). The van der Waals surface area contributed by atoms with Gasteiger partial charge in [0.2, 0.25) is 0 Å². The van der Waals surface area contributed by atoms with Crippen molar-refractivity contribution < 1.29 is 19.4 Å². The average molecular weight is 276 g/mol. The van der Waals surface area contributed by atoms with Crippen molar-refractivity contribution in [2.24, 2.45) is 0 Å². The van der Waals surface area contributed by atoms with E-state index in [-0.39, 0.29) is 11.5 Å². The summed E-state index contributed by atoms with van der Waals surface area (Å²) in [7, 11) is 2.98. The zero-order valence-electron chi connectivity index (χ0n) is 10.8. The van der Waals surface area contributed by atoms with Gasteiger partial charge in [-0.15, -0.1) is 0 Å². The van der Waals surface area contributed by atoms with Crippen LogP contribution in [0.15, 0.2) is 29.1 Å². The number of aromatic amines is 1. The second kappa shape index (κ2) is 5.43. The first-order valence-corrected chi connectivity index (χ1v) is 5.62. The standard InChI is InChI=1S/C13H12N2O5/c1-19-9-4-3-7(5-10(9)20-2)12-14-8(13(17)18)6-11(16)15-12/h3-6H,1-2H3,(H,17,18)(H,14,15,16). The lowest BCUT2D eigenvalue weighted by atomic mass is 10.2. The van der Waals surface area contributed by atoms with Crippen LogP contribution in [0.2, 0.25) is 0 Å². The third-order valence-electron chi connectivity index (χ3n) is 2.62. The molecule has 0 fully saturated rings. The summed E-state index contributed by atoms with van der Waals surface area (Å²) in [6, 6.07) is 5.81. The lowest BCUT2D eigenvalue weighted by Gasteiger charge is -2.09. The predicted molar refractivity (Wildman–Crippen MR) is 70.4 cm³/mol. The third-order valence-corrected chi connectivity index (χ3v) is 2.62. The highest BCUT2D eigenvalue weighted by atomic mass is 16.5. The van der Waals surface area contributed by atoms with E-state index in [4.69, 9.17) is 14.6 Å². The van der Waals surface area contributed by atoms with Gasteiger partial charge in [0.1, 0.15) is 5.82 Å². The van der Waals surface area contributed by atoms with Crippen molar-refractivity contribution in [1.29, 1.82) is 0 Å². The first-order chi connectivity index (χ1) is 9.55. The van der Waals surface area contributed by atoms with Gasteiger partial charge in [-0.2, -0.15) is 0 Å². The Kier molecular flexibility index (Phi) is 3.69. The van der Waals surface area contributed by atoms with Gasteiger partial charge < -0.3 is 19.6 Å². The average Bonchev–Trinajstić information content (AvgIpc) is 2.45. The molecule has 0 unspecified atom stereocenters. The Morgan fingerprint density at radius 3 is 2.50 bits per heavy atom. The smallest absolute Gasteiger partial charge is 0.354 e. The Morgan fingerprint density at radius 2 is 1.90 bits per heavy atom. The van der Waals surface area contributed by atoms with Crippen molar-refractivity contribution in [2.75, 3.05) is 14.2 Å². The van der Waals surface area contributed by atoms with Crippen LogP contribution in [0.5, 0.6) is 11.5 Å². The Morgan fingerprint density at radius 1 is 1.20 bits per heavy atom. The number of nitrogens with one attached hydrogen (secondary N) is 1. The number of rotatable bonds is 4. The number of hydrogen-bond acceptors (Lipinski definition) is 5. The minimum absolute atomic E-state index is 0.149. The van der Waals surface area contributed by atoms with Gasteiger partial charge in [-0.3, -0.25) is 4.79 Å². The molecule has 7 nitrogen and oxygen atoms in total. The number of carboxylic acid groups (broad SMARTS) is 1. The molecule has 0 radical (unpaired) electrons. The Bertz CT molecular complexity index is 708. The van der Waals surface area contributed by atoms with E-state index in [9.17, 15) is 9.59 Å². The van der Waals surface area contributed by atoms with Crippen LogP contribution in [0, 0.1) is 0 Å². The van der Waals surface area contributed by atoms with Crippen molar-refractivity contribution in [3.8, 4) is 22.9 Å². The number of methoxy groups -OCH3 is 2. The molecule has 0 bridgehead atoms. The second-order valence-corrected chi connectivity index (χ2v) is 3.85. The van der Waals surface area contributed by atoms with Crippen molar-refractivity contribution in [3.05, 3.63) is 40.3 Å². The Balaban J connectivity index is 2.56. The number of H-pyrrole nitrogens is 1. The molecule has 7 heteroatoms. The zero-order chi connectivity index (χ0) is 14.7. The van der Waals surface area contributed by atoms with Gasteiger partial charge in [0.25, 0.3) is 5.56 Å². The minimum Gasteiger partial charge on any atom is -0.493 e. The summed E-state index contributed by atoms with van der Waals surface area (Å²) in [5.41, 5.74) is -0.344. The van der Waals surface area contributed by atoms with E-state index in [2.05, 4.69) is 9.97 Å². The van der Waals surface area contributed by atoms with Crippen LogP contribution < -0.4 is 15.0 Å². The van der Waals surface area contributed by atoms with Gasteiger partial charge in [0.05, 0.1) is 14.2 Å². The number of carboxylic acids is 1. The number of ether oxygens (including phenoxy) is 2. The summed E-state index contributed by atoms with van der Waals surface area (Å²) < 4.78 is 10.2. The maximum atomic E-state index is 11.5. The highest BCUT2D eigenvalue weighted by molar-refractivity contribution is 5.85. The summed E-state index contributed by atoms with van der Waals surface area (Å²) in [4.78, 5) is 28.7. The first-order valence-electron chi connectivity index (χ1n) is 5.62. The highest BCUT2D eigenvalue weighted by Gasteiger charge is 2.12. The number of aromatic carboxylic acids is 1. The molecule has 0 aliphatic heterocycles. The van der Waals surface area contributed by atoms with Crippen molar-refractivity contribution in [2.45, 2.75) is 0 Å². The SMILES string of the molecule is COc1ccc(-c2nc(C(=O)O)cc(=O)[nH]2)cc1OC. The van der Waals surface area contributed by atoms with Gasteiger partial charge in [-0.25, -0.2) is 9.78 Å². The van der Waals surface area contributed by atoms with Crippen molar-refractivity contribution >= 4 is 5.97 Å². The first kappa shape index (κ1) is 13.6. The number of hydrogen-bond donors (Lipinski definition) is 2. The molecule has 104 valence electrons. The molecule has 0 amide bonds. The zero-order valence-corrected chi connectivity index (χ0v) is 10.8. The van der Waals surface area contributed by atoms with Crippen LogP contribution in [0.4, 0.5) is 0 Å². The quantitative estimate of drug-likeness (QED) is 0.868. The molecule has 0 aliphatic carbocycles. The fourth-order valence-corrected chi connectivity index (χ4v) is 1.69. The molecule has 0 aliphatic rings. The van der Waals surface area contributed by atoms with E-state index >= 15 is 0 Å². The fraction of sp³-hybridized carbons (Fsp3) is 0.154.